The molecule has 122 valence electrons. The van der Waals surface area contributed by atoms with Crippen LogP contribution < -0.4 is 11.1 Å². The van der Waals surface area contributed by atoms with Crippen LogP contribution in [0.15, 0.2) is 40.9 Å². The molecule has 0 aliphatic carbocycles. The number of nitrogens with zero attached hydrogens (tertiary/aromatic N) is 2. The lowest BCUT2D eigenvalue weighted by Gasteiger charge is -2.08. The van der Waals surface area contributed by atoms with Gasteiger partial charge in [0.25, 0.3) is 11.8 Å². The molecule has 0 aliphatic heterocycles. The van der Waals surface area contributed by atoms with Gasteiger partial charge < -0.3 is 15.6 Å². The van der Waals surface area contributed by atoms with Crippen molar-refractivity contribution in [2.75, 3.05) is 11.1 Å². The second-order valence-corrected chi connectivity index (χ2v) is 5.85. The number of aromatic nitrogens is 2. The molecule has 0 atom stereocenters. The zero-order valence-electron chi connectivity index (χ0n) is 12.5. The van der Waals surface area contributed by atoms with E-state index in [2.05, 4.69) is 15.5 Å². The molecule has 0 spiro atoms. The molecule has 24 heavy (non-hydrogen) atoms. The Labute approximate surface area is 147 Å². The Hall–Kier alpha value is -2.57. The van der Waals surface area contributed by atoms with Gasteiger partial charge in [-0.2, -0.15) is 4.98 Å². The molecule has 8 heteroatoms. The van der Waals surface area contributed by atoms with Gasteiger partial charge in [0.2, 0.25) is 0 Å². The minimum absolute atomic E-state index is 0.274. The topological polar surface area (TPSA) is 94.0 Å². The number of nitrogens with two attached hydrogens (primary N) is 1. The second kappa shape index (κ2) is 6.51. The SMILES string of the molecule is Cc1noc(-c2ccc(C(=O)Nc3cc(Cl)c(N)c(Cl)c3)cc2)n1. The number of hydrogen-bond acceptors (Lipinski definition) is 5. The standard InChI is InChI=1S/C16H12Cl2N4O2/c1-8-20-16(24-22-8)10-4-2-9(3-5-10)15(23)21-11-6-12(17)14(19)13(18)7-11/h2-7H,19H2,1H3,(H,21,23). The third-order valence-electron chi connectivity index (χ3n) is 3.26. The van der Waals surface area contributed by atoms with Crippen molar-refractivity contribution in [3.05, 3.63) is 57.8 Å². The summed E-state index contributed by atoms with van der Waals surface area (Å²) in [4.78, 5) is 16.4. The molecule has 1 heterocycles. The van der Waals surface area contributed by atoms with Crippen molar-refractivity contribution in [3.8, 4) is 11.5 Å². The molecule has 0 radical (unpaired) electrons. The predicted octanol–water partition coefficient (Wildman–Crippen LogP) is 4.19. The number of carbonyl (C=O) groups is 1. The maximum atomic E-state index is 12.3. The van der Waals surface area contributed by atoms with Crippen LogP contribution in [0.25, 0.3) is 11.5 Å². The highest BCUT2D eigenvalue weighted by Gasteiger charge is 2.11. The lowest BCUT2D eigenvalue weighted by Crippen LogP contribution is -2.12. The Morgan fingerprint density at radius 3 is 2.33 bits per heavy atom. The lowest BCUT2D eigenvalue weighted by atomic mass is 10.1. The van der Waals surface area contributed by atoms with Gasteiger partial charge in [0, 0.05) is 16.8 Å². The van der Waals surface area contributed by atoms with Crippen LogP contribution in [0.5, 0.6) is 0 Å². The first-order chi connectivity index (χ1) is 11.4. The number of nitrogen functional groups attached to an aromatic ring is 1. The van der Waals surface area contributed by atoms with Gasteiger partial charge >= 0.3 is 0 Å². The number of benzene rings is 2. The second-order valence-electron chi connectivity index (χ2n) is 5.03. The maximum absolute atomic E-state index is 12.3. The monoisotopic (exact) mass is 362 g/mol. The normalized spacial score (nSPS) is 10.6. The molecule has 3 N–H and O–H groups in total. The Balaban J connectivity index is 1.78. The number of aryl methyl sites for hydroxylation is 1. The van der Waals surface area contributed by atoms with E-state index in [1.54, 1.807) is 31.2 Å². The van der Waals surface area contributed by atoms with Crippen LogP contribution in [0.4, 0.5) is 11.4 Å². The fourth-order valence-corrected chi connectivity index (χ4v) is 2.53. The van der Waals surface area contributed by atoms with Crippen molar-refractivity contribution in [3.63, 3.8) is 0 Å². The van der Waals surface area contributed by atoms with Crippen molar-refractivity contribution in [1.82, 2.24) is 10.1 Å². The summed E-state index contributed by atoms with van der Waals surface area (Å²) >= 11 is 11.9. The highest BCUT2D eigenvalue weighted by Crippen LogP contribution is 2.31. The van der Waals surface area contributed by atoms with Crippen LogP contribution in [0.1, 0.15) is 16.2 Å². The van der Waals surface area contributed by atoms with Crippen molar-refractivity contribution < 1.29 is 9.32 Å². The van der Waals surface area contributed by atoms with Gasteiger partial charge in [0.15, 0.2) is 5.82 Å². The van der Waals surface area contributed by atoms with Gasteiger partial charge in [-0.05, 0) is 43.3 Å². The summed E-state index contributed by atoms with van der Waals surface area (Å²) in [6, 6.07) is 9.84. The van der Waals surface area contributed by atoms with E-state index in [-0.39, 0.29) is 21.6 Å². The molecule has 0 bridgehead atoms. The van der Waals surface area contributed by atoms with Crippen LogP contribution in [0, 0.1) is 6.92 Å². The smallest absolute Gasteiger partial charge is 0.257 e. The molecule has 2 aromatic carbocycles. The minimum atomic E-state index is -0.305. The van der Waals surface area contributed by atoms with Crippen LogP contribution in [-0.4, -0.2) is 16.0 Å². The Morgan fingerprint density at radius 1 is 1.17 bits per heavy atom. The van der Waals surface area contributed by atoms with Crippen LogP contribution in [0.2, 0.25) is 10.0 Å². The Morgan fingerprint density at radius 2 is 1.79 bits per heavy atom. The molecule has 0 unspecified atom stereocenters. The highest BCUT2D eigenvalue weighted by molar-refractivity contribution is 6.39. The first kappa shape index (κ1) is 16.3. The largest absolute Gasteiger partial charge is 0.396 e. The molecule has 0 fully saturated rings. The average Bonchev–Trinajstić information content (AvgIpc) is 2.99. The number of hydrogen-bond donors (Lipinski definition) is 2. The third kappa shape index (κ3) is 3.34. The number of halogens is 2. The molecule has 6 nitrogen and oxygen atoms in total. The number of carbonyl (C=O) groups excluding carboxylic acids is 1. The van der Waals surface area contributed by atoms with Crippen molar-refractivity contribution in [2.45, 2.75) is 6.92 Å². The summed E-state index contributed by atoms with van der Waals surface area (Å²) < 4.78 is 5.08. The number of nitrogens with one attached hydrogen (secondary N) is 1. The zero-order chi connectivity index (χ0) is 17.3. The molecule has 3 aromatic rings. The first-order valence-corrected chi connectivity index (χ1v) is 7.66. The summed E-state index contributed by atoms with van der Waals surface area (Å²) in [5.41, 5.74) is 7.59. The minimum Gasteiger partial charge on any atom is -0.396 e. The summed E-state index contributed by atoms with van der Waals surface area (Å²) in [5.74, 6) is 0.639. The van der Waals surface area contributed by atoms with E-state index in [0.717, 1.165) is 5.56 Å². The maximum Gasteiger partial charge on any atom is 0.257 e. The molecule has 3 rings (SSSR count). The van der Waals surface area contributed by atoms with E-state index in [1.807, 2.05) is 0 Å². The van der Waals surface area contributed by atoms with Gasteiger partial charge in [-0.3, -0.25) is 4.79 Å². The summed E-state index contributed by atoms with van der Waals surface area (Å²) in [6.07, 6.45) is 0. The van der Waals surface area contributed by atoms with Crippen LogP contribution in [-0.2, 0) is 0 Å². The van der Waals surface area contributed by atoms with Gasteiger partial charge in [-0.1, -0.05) is 28.4 Å². The fourth-order valence-electron chi connectivity index (χ4n) is 2.04. The average molecular weight is 363 g/mol. The van der Waals surface area contributed by atoms with Gasteiger partial charge in [-0.15, -0.1) is 0 Å². The quantitative estimate of drug-likeness (QED) is 0.681. The molecule has 0 aliphatic rings. The van der Waals surface area contributed by atoms with Gasteiger partial charge in [-0.25, -0.2) is 0 Å². The summed E-state index contributed by atoms with van der Waals surface area (Å²) in [7, 11) is 0. The van der Waals surface area contributed by atoms with Crippen LogP contribution >= 0.6 is 23.2 Å². The number of amides is 1. The molecular formula is C16H12Cl2N4O2. The van der Waals surface area contributed by atoms with Crippen molar-refractivity contribution >= 4 is 40.5 Å². The molecule has 0 saturated heterocycles. The molecule has 0 saturated carbocycles. The lowest BCUT2D eigenvalue weighted by molar-refractivity contribution is 0.102. The zero-order valence-corrected chi connectivity index (χ0v) is 14.0. The molecule has 1 aromatic heterocycles. The van der Waals surface area contributed by atoms with E-state index in [0.29, 0.717) is 23.0 Å². The van der Waals surface area contributed by atoms with E-state index in [1.165, 1.54) is 12.1 Å². The summed E-state index contributed by atoms with van der Waals surface area (Å²) in [5, 5.41) is 7.00. The third-order valence-corrected chi connectivity index (χ3v) is 3.88. The first-order valence-electron chi connectivity index (χ1n) is 6.90. The molecular weight excluding hydrogens is 351 g/mol. The Kier molecular flexibility index (Phi) is 4.42. The number of rotatable bonds is 3. The highest BCUT2D eigenvalue weighted by atomic mass is 35.5. The van der Waals surface area contributed by atoms with Crippen molar-refractivity contribution in [2.24, 2.45) is 0 Å². The Bertz CT molecular complexity index is 884. The van der Waals surface area contributed by atoms with E-state index < -0.39 is 0 Å². The van der Waals surface area contributed by atoms with Gasteiger partial charge in [0.05, 0.1) is 15.7 Å². The van der Waals surface area contributed by atoms with Gasteiger partial charge in [0.1, 0.15) is 0 Å². The molecule has 1 amide bonds. The van der Waals surface area contributed by atoms with Crippen LogP contribution in [0.3, 0.4) is 0 Å². The predicted molar refractivity (Wildman–Crippen MR) is 93.3 cm³/mol. The van der Waals surface area contributed by atoms with E-state index in [9.17, 15) is 4.79 Å². The van der Waals surface area contributed by atoms with E-state index >= 15 is 0 Å². The van der Waals surface area contributed by atoms with E-state index in [4.69, 9.17) is 33.5 Å². The fraction of sp³-hybridized carbons (Fsp3) is 0.0625. The van der Waals surface area contributed by atoms with Crippen molar-refractivity contribution in [1.29, 1.82) is 0 Å². The summed E-state index contributed by atoms with van der Waals surface area (Å²) in [6.45, 7) is 1.73. The number of anilines is 2.